The lowest BCUT2D eigenvalue weighted by Gasteiger charge is -2.38. The number of hydrazine groups is 1. The predicted molar refractivity (Wildman–Crippen MR) is 37.3 cm³/mol. The van der Waals surface area contributed by atoms with Crippen molar-refractivity contribution in [2.45, 2.75) is 18.1 Å². The van der Waals surface area contributed by atoms with Gasteiger partial charge in [-0.1, -0.05) is 0 Å². The van der Waals surface area contributed by atoms with Crippen LogP contribution in [0.5, 0.6) is 0 Å². The van der Waals surface area contributed by atoms with E-state index in [0.717, 1.165) is 26.1 Å². The van der Waals surface area contributed by atoms with Crippen LogP contribution < -0.4 is 16.6 Å². The van der Waals surface area contributed by atoms with Gasteiger partial charge >= 0.3 is 0 Å². The van der Waals surface area contributed by atoms with Crippen molar-refractivity contribution >= 4 is 0 Å². The molecule has 2 saturated heterocycles. The van der Waals surface area contributed by atoms with Crippen LogP contribution in [0.3, 0.4) is 0 Å². The Hall–Kier alpha value is -0.160. The summed E-state index contributed by atoms with van der Waals surface area (Å²) in [6.45, 7) is 2.74. The van der Waals surface area contributed by atoms with E-state index >= 15 is 0 Å². The van der Waals surface area contributed by atoms with Gasteiger partial charge in [-0.3, -0.25) is 11.3 Å². The second-order valence-electron chi connectivity index (χ2n) is 3.17. The Morgan fingerprint density at radius 2 is 2.40 bits per heavy atom. The summed E-state index contributed by atoms with van der Waals surface area (Å²) in [5, 5.41) is 3.19. The molecule has 58 valence electrons. The monoisotopic (exact) mass is 143 g/mol. The maximum absolute atomic E-state index is 5.57. The van der Waals surface area contributed by atoms with Gasteiger partial charge in [-0.15, -0.1) is 0 Å². The molecule has 4 N–H and O–H groups in total. The summed E-state index contributed by atoms with van der Waals surface area (Å²) in [7, 11) is 0. The third kappa shape index (κ3) is 0.845. The molecule has 0 saturated carbocycles. The molecule has 0 radical (unpaired) electrons. The summed E-state index contributed by atoms with van der Waals surface area (Å²) in [5.41, 5.74) is 2.87. The second-order valence-corrected chi connectivity index (χ2v) is 3.17. The molecule has 2 aliphatic heterocycles. The molecule has 4 heteroatoms. The molecule has 10 heavy (non-hydrogen) atoms. The van der Waals surface area contributed by atoms with E-state index in [-0.39, 0.29) is 5.60 Å². The quantitative estimate of drug-likeness (QED) is 0.311. The molecule has 2 aliphatic rings. The van der Waals surface area contributed by atoms with Crippen molar-refractivity contribution in [2.75, 3.05) is 19.7 Å². The van der Waals surface area contributed by atoms with E-state index in [9.17, 15) is 0 Å². The summed E-state index contributed by atoms with van der Waals surface area (Å²) in [5.74, 6) is 5.28. The maximum Gasteiger partial charge on any atom is 0.0946 e. The molecule has 2 fully saturated rings. The Kier molecular flexibility index (Phi) is 1.42. The fourth-order valence-corrected chi connectivity index (χ4v) is 1.60. The highest BCUT2D eigenvalue weighted by Crippen LogP contribution is 2.28. The number of hydrogen-bond donors (Lipinski definition) is 3. The number of nitrogens with one attached hydrogen (secondary N) is 2. The standard InChI is InChI=1S/C6H13N3O/c7-9-5-1-6(10-2-5)3-8-4-6/h5,8-9H,1-4,7H2. The summed E-state index contributed by atoms with van der Waals surface area (Å²) in [6.07, 6.45) is 1.05. The first-order chi connectivity index (χ1) is 4.85. The lowest BCUT2D eigenvalue weighted by atomic mass is 9.92. The highest BCUT2D eigenvalue weighted by molar-refractivity contribution is 5.01. The SMILES string of the molecule is NNC1COC2(CNC2)C1. The summed E-state index contributed by atoms with van der Waals surface area (Å²) in [4.78, 5) is 0. The van der Waals surface area contributed by atoms with Gasteiger partial charge in [0.15, 0.2) is 0 Å². The zero-order valence-corrected chi connectivity index (χ0v) is 5.89. The first-order valence-corrected chi connectivity index (χ1v) is 3.65. The first kappa shape index (κ1) is 6.54. The van der Waals surface area contributed by atoms with Gasteiger partial charge in [0.25, 0.3) is 0 Å². The van der Waals surface area contributed by atoms with Crippen LogP contribution in [0.4, 0.5) is 0 Å². The Morgan fingerprint density at radius 3 is 2.70 bits per heavy atom. The molecular weight excluding hydrogens is 130 g/mol. The van der Waals surface area contributed by atoms with E-state index < -0.39 is 0 Å². The minimum absolute atomic E-state index is 0.136. The van der Waals surface area contributed by atoms with Crippen molar-refractivity contribution < 1.29 is 4.74 Å². The van der Waals surface area contributed by atoms with Crippen molar-refractivity contribution in [1.29, 1.82) is 0 Å². The third-order valence-corrected chi connectivity index (χ3v) is 2.34. The first-order valence-electron chi connectivity index (χ1n) is 3.65. The minimum atomic E-state index is 0.136. The lowest BCUT2D eigenvalue weighted by molar-refractivity contribution is -0.0360. The van der Waals surface area contributed by atoms with E-state index in [1.807, 2.05) is 0 Å². The summed E-state index contributed by atoms with van der Waals surface area (Å²) in [6, 6.07) is 0.363. The van der Waals surface area contributed by atoms with Crippen LogP contribution in [0.25, 0.3) is 0 Å². The number of ether oxygens (including phenoxy) is 1. The summed E-state index contributed by atoms with van der Waals surface area (Å²) >= 11 is 0. The Balaban J connectivity index is 1.92. The third-order valence-electron chi connectivity index (χ3n) is 2.34. The van der Waals surface area contributed by atoms with Gasteiger partial charge in [-0.05, 0) is 6.42 Å². The van der Waals surface area contributed by atoms with Gasteiger partial charge in [-0.25, -0.2) is 0 Å². The number of rotatable bonds is 1. The molecule has 0 aromatic rings. The van der Waals surface area contributed by atoms with Gasteiger partial charge in [0.1, 0.15) is 0 Å². The summed E-state index contributed by atoms with van der Waals surface area (Å²) < 4.78 is 5.57. The molecule has 4 nitrogen and oxygen atoms in total. The Labute approximate surface area is 60.1 Å². The molecule has 2 heterocycles. The van der Waals surface area contributed by atoms with Crippen LogP contribution in [-0.2, 0) is 4.74 Å². The van der Waals surface area contributed by atoms with Gasteiger partial charge in [0.2, 0.25) is 0 Å². The number of hydrogen-bond acceptors (Lipinski definition) is 4. The van der Waals surface area contributed by atoms with E-state index in [1.165, 1.54) is 0 Å². The lowest BCUT2D eigenvalue weighted by Crippen LogP contribution is -2.59. The van der Waals surface area contributed by atoms with Gasteiger partial charge < -0.3 is 10.1 Å². The average molecular weight is 143 g/mol. The topological polar surface area (TPSA) is 59.3 Å². The van der Waals surface area contributed by atoms with Crippen molar-refractivity contribution in [3.8, 4) is 0 Å². The number of nitrogens with two attached hydrogens (primary N) is 1. The predicted octanol–water partition coefficient (Wildman–Crippen LogP) is -1.42. The van der Waals surface area contributed by atoms with Gasteiger partial charge in [-0.2, -0.15) is 0 Å². The fraction of sp³-hybridized carbons (Fsp3) is 1.00. The zero-order chi connectivity index (χ0) is 7.03. The van der Waals surface area contributed by atoms with Crippen molar-refractivity contribution in [3.63, 3.8) is 0 Å². The molecule has 0 bridgehead atoms. The van der Waals surface area contributed by atoms with Crippen molar-refractivity contribution in [2.24, 2.45) is 5.84 Å². The van der Waals surface area contributed by atoms with Crippen LogP contribution >= 0.6 is 0 Å². The van der Waals surface area contributed by atoms with Crippen molar-refractivity contribution in [3.05, 3.63) is 0 Å². The maximum atomic E-state index is 5.57. The normalized spacial score (nSPS) is 36.3. The zero-order valence-electron chi connectivity index (χ0n) is 5.89. The molecule has 0 aliphatic carbocycles. The molecule has 1 unspecified atom stereocenters. The minimum Gasteiger partial charge on any atom is -0.371 e. The smallest absolute Gasteiger partial charge is 0.0946 e. The molecule has 0 aromatic carbocycles. The van der Waals surface area contributed by atoms with Gasteiger partial charge in [0.05, 0.1) is 12.2 Å². The Morgan fingerprint density at radius 1 is 1.60 bits per heavy atom. The Bertz CT molecular complexity index is 135. The fourth-order valence-electron chi connectivity index (χ4n) is 1.60. The van der Waals surface area contributed by atoms with E-state index in [1.54, 1.807) is 0 Å². The average Bonchev–Trinajstić information content (AvgIpc) is 2.29. The van der Waals surface area contributed by atoms with Crippen molar-refractivity contribution in [1.82, 2.24) is 10.7 Å². The molecule has 0 aromatic heterocycles. The molecule has 1 spiro atoms. The van der Waals surface area contributed by atoms with E-state index in [2.05, 4.69) is 10.7 Å². The molecule has 2 rings (SSSR count). The highest BCUT2D eigenvalue weighted by Gasteiger charge is 2.44. The van der Waals surface area contributed by atoms with Crippen LogP contribution in [0.15, 0.2) is 0 Å². The van der Waals surface area contributed by atoms with E-state index in [0.29, 0.717) is 6.04 Å². The largest absolute Gasteiger partial charge is 0.371 e. The van der Waals surface area contributed by atoms with Crippen LogP contribution in [0.2, 0.25) is 0 Å². The van der Waals surface area contributed by atoms with Crippen LogP contribution in [0, 0.1) is 0 Å². The van der Waals surface area contributed by atoms with Gasteiger partial charge in [0, 0.05) is 19.1 Å². The second kappa shape index (κ2) is 2.17. The molecule has 1 atom stereocenters. The van der Waals surface area contributed by atoms with Crippen LogP contribution in [-0.4, -0.2) is 31.3 Å². The molecular formula is C6H13N3O. The van der Waals surface area contributed by atoms with E-state index in [4.69, 9.17) is 10.6 Å². The molecule has 0 amide bonds. The highest BCUT2D eigenvalue weighted by atomic mass is 16.5. The van der Waals surface area contributed by atoms with Crippen LogP contribution in [0.1, 0.15) is 6.42 Å².